The highest BCUT2D eigenvalue weighted by Crippen LogP contribution is 2.21. The standard InChI is InChI=1S/C17H15BrN4O2S/c1-24-14-8-6-13(7-9-14)19-15(23)10-25-17-20-16(21-22-17)11-2-4-12(18)5-3-11/h2-9H,10H2,1H3,(H,19,23)(H,20,21,22). The van der Waals surface area contributed by atoms with Crippen LogP contribution in [0.25, 0.3) is 11.4 Å². The number of anilines is 1. The fourth-order valence-electron chi connectivity index (χ4n) is 2.05. The number of thioether (sulfide) groups is 1. The summed E-state index contributed by atoms with van der Waals surface area (Å²) >= 11 is 4.67. The zero-order valence-electron chi connectivity index (χ0n) is 13.3. The van der Waals surface area contributed by atoms with Crippen molar-refractivity contribution in [2.45, 2.75) is 5.16 Å². The molecule has 0 saturated carbocycles. The van der Waals surface area contributed by atoms with Gasteiger partial charge in [-0.15, -0.1) is 5.10 Å². The molecule has 1 aromatic heterocycles. The van der Waals surface area contributed by atoms with Crippen molar-refractivity contribution in [2.75, 3.05) is 18.2 Å². The molecule has 0 saturated heterocycles. The van der Waals surface area contributed by atoms with Gasteiger partial charge in [0.15, 0.2) is 5.82 Å². The van der Waals surface area contributed by atoms with Crippen LogP contribution in [-0.4, -0.2) is 34.0 Å². The molecule has 2 aromatic carbocycles. The van der Waals surface area contributed by atoms with E-state index in [2.05, 4.69) is 36.4 Å². The van der Waals surface area contributed by atoms with Crippen molar-refractivity contribution in [3.8, 4) is 17.1 Å². The van der Waals surface area contributed by atoms with Crippen LogP contribution < -0.4 is 10.1 Å². The van der Waals surface area contributed by atoms with Gasteiger partial charge in [-0.25, -0.2) is 4.98 Å². The van der Waals surface area contributed by atoms with Crippen molar-refractivity contribution in [1.29, 1.82) is 0 Å². The molecule has 3 rings (SSSR count). The number of rotatable bonds is 6. The number of carbonyl (C=O) groups excluding carboxylic acids is 1. The molecule has 0 aliphatic carbocycles. The Bertz CT molecular complexity index is 850. The topological polar surface area (TPSA) is 79.9 Å². The summed E-state index contributed by atoms with van der Waals surface area (Å²) < 4.78 is 6.09. The van der Waals surface area contributed by atoms with Gasteiger partial charge in [-0.3, -0.25) is 9.89 Å². The van der Waals surface area contributed by atoms with Crippen LogP contribution in [0.3, 0.4) is 0 Å². The van der Waals surface area contributed by atoms with E-state index in [9.17, 15) is 4.79 Å². The predicted molar refractivity (Wildman–Crippen MR) is 102 cm³/mol. The number of methoxy groups -OCH3 is 1. The number of halogens is 1. The van der Waals surface area contributed by atoms with E-state index in [-0.39, 0.29) is 11.7 Å². The van der Waals surface area contributed by atoms with Gasteiger partial charge in [0, 0.05) is 15.7 Å². The monoisotopic (exact) mass is 418 g/mol. The molecule has 0 atom stereocenters. The van der Waals surface area contributed by atoms with Crippen LogP contribution in [0.15, 0.2) is 58.2 Å². The van der Waals surface area contributed by atoms with Crippen LogP contribution in [-0.2, 0) is 4.79 Å². The van der Waals surface area contributed by atoms with Gasteiger partial charge < -0.3 is 10.1 Å². The van der Waals surface area contributed by atoms with Crippen LogP contribution in [0.2, 0.25) is 0 Å². The van der Waals surface area contributed by atoms with Gasteiger partial charge in [0.2, 0.25) is 11.1 Å². The smallest absolute Gasteiger partial charge is 0.234 e. The molecule has 25 heavy (non-hydrogen) atoms. The third-order valence-electron chi connectivity index (χ3n) is 3.29. The number of ether oxygens (including phenoxy) is 1. The summed E-state index contributed by atoms with van der Waals surface area (Å²) in [5.74, 6) is 1.52. The number of hydrogen-bond donors (Lipinski definition) is 2. The predicted octanol–water partition coefficient (Wildman–Crippen LogP) is 3.97. The number of nitrogens with zero attached hydrogens (tertiary/aromatic N) is 2. The Morgan fingerprint density at radius 1 is 1.20 bits per heavy atom. The van der Waals surface area contributed by atoms with E-state index in [1.807, 2.05) is 24.3 Å². The Morgan fingerprint density at radius 2 is 1.92 bits per heavy atom. The average Bonchev–Trinajstić information content (AvgIpc) is 3.10. The van der Waals surface area contributed by atoms with E-state index in [1.165, 1.54) is 11.8 Å². The number of aromatic nitrogens is 3. The van der Waals surface area contributed by atoms with Crippen LogP contribution in [0, 0.1) is 0 Å². The minimum atomic E-state index is -0.120. The lowest BCUT2D eigenvalue weighted by Crippen LogP contribution is -2.14. The molecule has 0 aliphatic heterocycles. The van der Waals surface area contributed by atoms with E-state index in [4.69, 9.17) is 4.74 Å². The Hall–Kier alpha value is -2.32. The second-order valence-corrected chi connectivity index (χ2v) is 6.90. The fourth-order valence-corrected chi connectivity index (χ4v) is 2.91. The number of nitrogens with one attached hydrogen (secondary N) is 2. The van der Waals surface area contributed by atoms with E-state index in [0.717, 1.165) is 21.5 Å². The number of carbonyl (C=O) groups is 1. The first-order chi connectivity index (χ1) is 12.1. The van der Waals surface area contributed by atoms with Gasteiger partial charge in [-0.1, -0.05) is 39.8 Å². The van der Waals surface area contributed by atoms with Gasteiger partial charge in [0.25, 0.3) is 0 Å². The number of benzene rings is 2. The summed E-state index contributed by atoms with van der Waals surface area (Å²) in [4.78, 5) is 16.4. The maximum Gasteiger partial charge on any atom is 0.234 e. The molecule has 2 N–H and O–H groups in total. The summed E-state index contributed by atoms with van der Waals surface area (Å²) in [6, 6.07) is 14.9. The van der Waals surface area contributed by atoms with Crippen molar-refractivity contribution < 1.29 is 9.53 Å². The number of amides is 1. The van der Waals surface area contributed by atoms with Gasteiger partial charge >= 0.3 is 0 Å². The second-order valence-electron chi connectivity index (χ2n) is 5.04. The highest BCUT2D eigenvalue weighted by atomic mass is 79.9. The minimum Gasteiger partial charge on any atom is -0.497 e. The van der Waals surface area contributed by atoms with E-state index in [0.29, 0.717) is 11.0 Å². The van der Waals surface area contributed by atoms with Gasteiger partial charge in [0.1, 0.15) is 5.75 Å². The fraction of sp³-hybridized carbons (Fsp3) is 0.118. The first-order valence-corrected chi connectivity index (χ1v) is 9.17. The number of aromatic amines is 1. The zero-order valence-corrected chi connectivity index (χ0v) is 15.7. The van der Waals surface area contributed by atoms with E-state index < -0.39 is 0 Å². The Balaban J connectivity index is 1.54. The van der Waals surface area contributed by atoms with E-state index >= 15 is 0 Å². The first kappa shape index (κ1) is 17.5. The Labute approximate surface area is 157 Å². The maximum absolute atomic E-state index is 12.0. The molecule has 3 aromatic rings. The maximum atomic E-state index is 12.0. The second kappa shape index (κ2) is 8.17. The molecule has 6 nitrogen and oxygen atoms in total. The van der Waals surface area contributed by atoms with Crippen molar-refractivity contribution in [3.63, 3.8) is 0 Å². The minimum absolute atomic E-state index is 0.120. The number of hydrogen-bond acceptors (Lipinski definition) is 5. The van der Waals surface area contributed by atoms with Crippen molar-refractivity contribution in [2.24, 2.45) is 0 Å². The van der Waals surface area contributed by atoms with Crippen LogP contribution in [0.5, 0.6) is 5.75 Å². The van der Waals surface area contributed by atoms with Crippen molar-refractivity contribution in [1.82, 2.24) is 15.2 Å². The summed E-state index contributed by atoms with van der Waals surface area (Å²) in [6.45, 7) is 0. The molecule has 8 heteroatoms. The molecular formula is C17H15BrN4O2S. The number of H-pyrrole nitrogens is 1. The van der Waals surface area contributed by atoms with Crippen LogP contribution in [0.1, 0.15) is 0 Å². The summed E-state index contributed by atoms with van der Waals surface area (Å²) in [5.41, 5.74) is 1.65. The SMILES string of the molecule is COc1ccc(NC(=O)CSc2n[nH]c(-c3ccc(Br)cc3)n2)cc1. The molecule has 1 amide bonds. The normalized spacial score (nSPS) is 10.5. The molecule has 0 fully saturated rings. The molecule has 0 radical (unpaired) electrons. The molecular weight excluding hydrogens is 404 g/mol. The quantitative estimate of drug-likeness (QED) is 0.591. The lowest BCUT2D eigenvalue weighted by atomic mass is 10.2. The third-order valence-corrected chi connectivity index (χ3v) is 4.66. The zero-order chi connectivity index (χ0) is 17.6. The molecule has 0 aliphatic rings. The van der Waals surface area contributed by atoms with Crippen LogP contribution in [0.4, 0.5) is 5.69 Å². The highest BCUT2D eigenvalue weighted by Gasteiger charge is 2.09. The largest absolute Gasteiger partial charge is 0.497 e. The molecule has 0 bridgehead atoms. The molecule has 0 unspecified atom stereocenters. The Kier molecular flexibility index (Phi) is 5.72. The lowest BCUT2D eigenvalue weighted by Gasteiger charge is -2.05. The van der Waals surface area contributed by atoms with Crippen molar-refractivity contribution in [3.05, 3.63) is 53.0 Å². The Morgan fingerprint density at radius 3 is 2.60 bits per heavy atom. The molecule has 0 spiro atoms. The molecule has 1 heterocycles. The average molecular weight is 419 g/mol. The van der Waals surface area contributed by atoms with Gasteiger partial charge in [-0.05, 0) is 36.4 Å². The first-order valence-electron chi connectivity index (χ1n) is 7.39. The summed E-state index contributed by atoms with van der Waals surface area (Å²) in [6.07, 6.45) is 0. The molecule has 128 valence electrons. The third kappa shape index (κ3) is 4.83. The van der Waals surface area contributed by atoms with Gasteiger partial charge in [0.05, 0.1) is 12.9 Å². The van der Waals surface area contributed by atoms with Crippen molar-refractivity contribution >= 4 is 39.3 Å². The summed E-state index contributed by atoms with van der Waals surface area (Å²) in [5, 5.41) is 10.4. The summed E-state index contributed by atoms with van der Waals surface area (Å²) in [7, 11) is 1.60. The lowest BCUT2D eigenvalue weighted by molar-refractivity contribution is -0.113. The highest BCUT2D eigenvalue weighted by molar-refractivity contribution is 9.10. The van der Waals surface area contributed by atoms with Crippen LogP contribution >= 0.6 is 27.7 Å². The van der Waals surface area contributed by atoms with Gasteiger partial charge in [-0.2, -0.15) is 0 Å². The van der Waals surface area contributed by atoms with E-state index in [1.54, 1.807) is 31.4 Å².